The van der Waals surface area contributed by atoms with Crippen LogP contribution in [0.2, 0.25) is 0 Å². The molecule has 0 aromatic rings. The highest BCUT2D eigenvalue weighted by atomic mass is 16.5. The van der Waals surface area contributed by atoms with Crippen molar-refractivity contribution < 1.29 is 4.74 Å². The molecule has 0 aromatic heterocycles. The zero-order valence-corrected chi connectivity index (χ0v) is 12.3. The molecule has 0 saturated heterocycles. The van der Waals surface area contributed by atoms with Crippen molar-refractivity contribution in [1.29, 1.82) is 0 Å². The molecule has 1 aliphatic rings. The van der Waals surface area contributed by atoms with Crippen molar-refractivity contribution in [3.05, 3.63) is 0 Å². The maximum absolute atomic E-state index is 5.44. The van der Waals surface area contributed by atoms with Gasteiger partial charge in [0.05, 0.1) is 0 Å². The largest absolute Gasteiger partial charge is 0.382 e. The molecule has 0 spiro atoms. The van der Waals surface area contributed by atoms with E-state index in [0.29, 0.717) is 5.96 Å². The van der Waals surface area contributed by atoms with Crippen LogP contribution in [0.25, 0.3) is 0 Å². The number of ether oxygens (including phenoxy) is 1. The fourth-order valence-corrected chi connectivity index (χ4v) is 2.55. The molecule has 0 unspecified atom stereocenters. The fraction of sp³-hybridized carbons (Fsp3) is 0.929. The number of nitrogens with two attached hydrogens (primary N) is 1. The Morgan fingerprint density at radius 1 is 1.32 bits per heavy atom. The second-order valence-corrected chi connectivity index (χ2v) is 5.14. The Morgan fingerprint density at radius 3 is 2.79 bits per heavy atom. The Balaban J connectivity index is 2.01. The number of hydrazine groups is 1. The van der Waals surface area contributed by atoms with Gasteiger partial charge in [0.1, 0.15) is 0 Å². The van der Waals surface area contributed by atoms with Gasteiger partial charge in [0.15, 0.2) is 0 Å². The Labute approximate surface area is 117 Å². The van der Waals surface area contributed by atoms with E-state index < -0.39 is 0 Å². The number of hydrogen-bond acceptors (Lipinski definition) is 3. The summed E-state index contributed by atoms with van der Waals surface area (Å²) in [4.78, 5) is 4.37. The number of guanidine groups is 1. The first-order chi connectivity index (χ1) is 9.36. The minimum absolute atomic E-state index is 0.697. The van der Waals surface area contributed by atoms with E-state index in [1.165, 1.54) is 38.5 Å². The second kappa shape index (κ2) is 11.1. The van der Waals surface area contributed by atoms with Crippen molar-refractivity contribution in [3.8, 4) is 0 Å². The highest BCUT2D eigenvalue weighted by Gasteiger charge is 2.13. The summed E-state index contributed by atoms with van der Waals surface area (Å²) in [6, 6.07) is 0. The lowest BCUT2D eigenvalue weighted by molar-refractivity contribution is 0.146. The molecule has 19 heavy (non-hydrogen) atoms. The minimum atomic E-state index is 0.697. The van der Waals surface area contributed by atoms with Gasteiger partial charge in [-0.3, -0.25) is 10.4 Å². The zero-order chi connectivity index (χ0) is 13.8. The molecule has 1 rings (SSSR count). The minimum Gasteiger partial charge on any atom is -0.382 e. The highest BCUT2D eigenvalue weighted by Crippen LogP contribution is 2.28. The molecule has 5 nitrogen and oxygen atoms in total. The summed E-state index contributed by atoms with van der Waals surface area (Å²) in [6.45, 7) is 5.23. The summed E-state index contributed by atoms with van der Waals surface area (Å²) in [5.41, 5.74) is 2.62. The average Bonchev–Trinajstić information content (AvgIpc) is 2.94. The third-order valence-corrected chi connectivity index (χ3v) is 3.61. The Kier molecular flexibility index (Phi) is 9.45. The van der Waals surface area contributed by atoms with Crippen LogP contribution in [0.15, 0.2) is 4.99 Å². The highest BCUT2D eigenvalue weighted by molar-refractivity contribution is 5.79. The summed E-state index contributed by atoms with van der Waals surface area (Å²) in [5.74, 6) is 7.10. The number of aliphatic imine (C=N–C) groups is 1. The molecule has 1 aliphatic carbocycles. The van der Waals surface area contributed by atoms with Crippen LogP contribution in [-0.4, -0.2) is 32.3 Å². The molecule has 112 valence electrons. The monoisotopic (exact) mass is 270 g/mol. The Hall–Kier alpha value is -0.810. The van der Waals surface area contributed by atoms with Gasteiger partial charge < -0.3 is 10.1 Å². The fourth-order valence-electron chi connectivity index (χ4n) is 2.55. The van der Waals surface area contributed by atoms with Crippen LogP contribution < -0.4 is 16.6 Å². The molecule has 0 radical (unpaired) electrons. The van der Waals surface area contributed by atoms with Crippen LogP contribution in [-0.2, 0) is 4.74 Å². The molecule has 4 N–H and O–H groups in total. The molecule has 1 fully saturated rings. The Morgan fingerprint density at radius 2 is 2.11 bits per heavy atom. The van der Waals surface area contributed by atoms with Crippen LogP contribution in [0.5, 0.6) is 0 Å². The first-order valence-corrected chi connectivity index (χ1v) is 7.69. The van der Waals surface area contributed by atoms with Gasteiger partial charge in [0.2, 0.25) is 5.96 Å². The summed E-state index contributed by atoms with van der Waals surface area (Å²) < 4.78 is 5.26. The van der Waals surface area contributed by atoms with Crippen LogP contribution in [0, 0.1) is 5.92 Å². The van der Waals surface area contributed by atoms with E-state index >= 15 is 0 Å². The number of rotatable bonds is 9. The molecule has 0 atom stereocenters. The molecule has 0 heterocycles. The molecule has 0 aromatic carbocycles. The summed E-state index contributed by atoms with van der Waals surface area (Å²) >= 11 is 0. The van der Waals surface area contributed by atoms with Crippen molar-refractivity contribution >= 4 is 5.96 Å². The number of nitrogens with zero attached hydrogens (tertiary/aromatic N) is 1. The van der Waals surface area contributed by atoms with Gasteiger partial charge >= 0.3 is 0 Å². The molecule has 1 saturated carbocycles. The van der Waals surface area contributed by atoms with Crippen molar-refractivity contribution in [2.45, 2.75) is 51.9 Å². The zero-order valence-electron chi connectivity index (χ0n) is 12.3. The Bertz CT molecular complexity index is 240. The normalized spacial score (nSPS) is 16.8. The van der Waals surface area contributed by atoms with Crippen LogP contribution in [0.3, 0.4) is 0 Å². The van der Waals surface area contributed by atoms with Gasteiger partial charge in [-0.1, -0.05) is 25.7 Å². The van der Waals surface area contributed by atoms with Crippen LogP contribution in [0.1, 0.15) is 51.9 Å². The van der Waals surface area contributed by atoms with E-state index in [1.54, 1.807) is 0 Å². The molecule has 5 heteroatoms. The van der Waals surface area contributed by atoms with Crippen LogP contribution >= 0.6 is 0 Å². The van der Waals surface area contributed by atoms with Crippen molar-refractivity contribution in [2.24, 2.45) is 16.8 Å². The second-order valence-electron chi connectivity index (χ2n) is 5.14. The van der Waals surface area contributed by atoms with Gasteiger partial charge in [-0.2, -0.15) is 0 Å². The third kappa shape index (κ3) is 8.06. The maximum Gasteiger partial charge on any atom is 0.205 e. The van der Waals surface area contributed by atoms with E-state index in [4.69, 9.17) is 10.6 Å². The van der Waals surface area contributed by atoms with Crippen molar-refractivity contribution in [2.75, 3.05) is 26.3 Å². The van der Waals surface area contributed by atoms with E-state index in [0.717, 1.165) is 38.6 Å². The third-order valence-electron chi connectivity index (χ3n) is 3.61. The smallest absolute Gasteiger partial charge is 0.205 e. The SMILES string of the molecule is CCOCCCN=C(NN)NCCCC1CCCC1. The van der Waals surface area contributed by atoms with Gasteiger partial charge in [-0.05, 0) is 32.1 Å². The summed E-state index contributed by atoms with van der Waals surface area (Å²) in [6.07, 6.45) is 9.16. The topological polar surface area (TPSA) is 71.7 Å². The maximum atomic E-state index is 5.44. The predicted octanol–water partition coefficient (Wildman–Crippen LogP) is 1.79. The molecular formula is C14H30N4O. The number of hydrogen-bond donors (Lipinski definition) is 3. The van der Waals surface area contributed by atoms with Gasteiger partial charge in [-0.25, -0.2) is 5.84 Å². The van der Waals surface area contributed by atoms with Crippen molar-refractivity contribution in [3.63, 3.8) is 0 Å². The molecular weight excluding hydrogens is 240 g/mol. The molecule has 0 bridgehead atoms. The first kappa shape index (κ1) is 16.2. The summed E-state index contributed by atoms with van der Waals surface area (Å²) in [5, 5.41) is 3.26. The number of nitrogens with one attached hydrogen (secondary N) is 2. The van der Waals surface area contributed by atoms with Crippen molar-refractivity contribution in [1.82, 2.24) is 10.7 Å². The average molecular weight is 270 g/mol. The lowest BCUT2D eigenvalue weighted by Gasteiger charge is -2.11. The van der Waals surface area contributed by atoms with Gasteiger partial charge in [-0.15, -0.1) is 0 Å². The van der Waals surface area contributed by atoms with Gasteiger partial charge in [0.25, 0.3) is 0 Å². The standard InChI is InChI=1S/C14H30N4O/c1-2-19-12-6-11-17-14(18-15)16-10-5-9-13-7-3-4-8-13/h13H,2-12,15H2,1H3,(H2,16,17,18). The lowest BCUT2D eigenvalue weighted by Crippen LogP contribution is -2.42. The lowest BCUT2D eigenvalue weighted by atomic mass is 10.0. The van der Waals surface area contributed by atoms with E-state index in [9.17, 15) is 0 Å². The van der Waals surface area contributed by atoms with E-state index in [-0.39, 0.29) is 0 Å². The van der Waals surface area contributed by atoms with Gasteiger partial charge in [0, 0.05) is 26.3 Å². The molecule has 0 amide bonds. The van der Waals surface area contributed by atoms with Crippen LogP contribution in [0.4, 0.5) is 0 Å². The predicted molar refractivity (Wildman–Crippen MR) is 79.9 cm³/mol. The van der Waals surface area contributed by atoms with E-state index in [1.807, 2.05) is 6.92 Å². The van der Waals surface area contributed by atoms with E-state index in [2.05, 4.69) is 15.7 Å². The molecule has 0 aliphatic heterocycles. The first-order valence-electron chi connectivity index (χ1n) is 7.69. The summed E-state index contributed by atoms with van der Waals surface area (Å²) in [7, 11) is 0. The quantitative estimate of drug-likeness (QED) is 0.196.